The average Bonchev–Trinajstić information content (AvgIpc) is 4.04. The Balaban J connectivity index is 0.690. The molecule has 0 aromatic carbocycles. The molecule has 8 fully saturated rings. The first-order valence-corrected chi connectivity index (χ1v) is 27.6. The van der Waals surface area contributed by atoms with Gasteiger partial charge in [-0.2, -0.15) is 0 Å². The van der Waals surface area contributed by atoms with Crippen LogP contribution >= 0.6 is 0 Å². The van der Waals surface area contributed by atoms with Gasteiger partial charge in [0.1, 0.15) is 73.2 Å². The molecule has 0 aromatic rings. The Morgan fingerprint density at radius 1 is 0.662 bits per heavy atom. The quantitative estimate of drug-likeness (QED) is 0.0817. The van der Waals surface area contributed by atoms with Crippen LogP contribution in [0.4, 0.5) is 0 Å². The van der Waals surface area contributed by atoms with Gasteiger partial charge in [-0.05, 0) is 76.2 Å². The zero-order valence-corrected chi connectivity index (χ0v) is 44.8. The van der Waals surface area contributed by atoms with E-state index < -0.39 is 154 Å². The molecule has 0 spiro atoms. The van der Waals surface area contributed by atoms with Gasteiger partial charge in [0.05, 0.1) is 80.6 Å². The third-order valence-corrected chi connectivity index (χ3v) is 18.4. The van der Waals surface area contributed by atoms with Gasteiger partial charge in [-0.3, -0.25) is 4.79 Å². The number of hydrogen-bond donors (Lipinski definition) is 8. The molecule has 0 aromatic heterocycles. The largest absolute Gasteiger partial charge is 0.469 e. The molecule has 1 saturated carbocycles. The first-order valence-electron chi connectivity index (χ1n) is 27.6. The van der Waals surface area contributed by atoms with Crippen LogP contribution in [-0.2, 0) is 75.8 Å². The van der Waals surface area contributed by atoms with Gasteiger partial charge in [-0.25, -0.2) is 0 Å². The van der Waals surface area contributed by atoms with Gasteiger partial charge < -0.3 is 112 Å². The Morgan fingerprint density at radius 3 is 1.90 bits per heavy atom. The maximum Gasteiger partial charge on any atom is 0.309 e. The predicted molar refractivity (Wildman–Crippen MR) is 258 cm³/mol. The molecular formula is C53H82O24. The second kappa shape index (κ2) is 23.6. The zero-order chi connectivity index (χ0) is 54.8. The third-order valence-electron chi connectivity index (χ3n) is 18.4. The summed E-state index contributed by atoms with van der Waals surface area (Å²) < 4.78 is 91.7. The summed E-state index contributed by atoms with van der Waals surface area (Å²) in [6, 6.07) is 0. The van der Waals surface area contributed by atoms with E-state index in [0.29, 0.717) is 19.4 Å². The van der Waals surface area contributed by atoms with Gasteiger partial charge in [0, 0.05) is 40.4 Å². The minimum atomic E-state index is -1.81. The van der Waals surface area contributed by atoms with Crippen LogP contribution in [0.5, 0.6) is 0 Å². The summed E-state index contributed by atoms with van der Waals surface area (Å²) >= 11 is 0. The Labute approximate surface area is 447 Å². The number of fused-ring (bicyclic) bond motifs is 3. The number of rotatable bonds is 14. The molecule has 8 heterocycles. The van der Waals surface area contributed by atoms with E-state index in [1.54, 1.807) is 21.0 Å². The smallest absolute Gasteiger partial charge is 0.309 e. The molecule has 8 N–H and O–H groups in total. The molecule has 8 aliphatic heterocycles. The number of aliphatic hydroxyl groups excluding tert-OH is 8. The number of esters is 1. The summed E-state index contributed by atoms with van der Waals surface area (Å²) in [4.78, 5) is 13.8. The molecule has 77 heavy (non-hydrogen) atoms. The topological polar surface area (TPSA) is 317 Å². The Morgan fingerprint density at radius 2 is 1.25 bits per heavy atom. The molecule has 7 saturated heterocycles. The van der Waals surface area contributed by atoms with E-state index in [0.717, 1.165) is 37.7 Å². The second-order valence-corrected chi connectivity index (χ2v) is 23.2. The SMILES string of the molecule is CO[C@@H]1C[C@H](O[C@H]2CC[C@@]3(C)C(=CC[C@H]4C(=O)OC5CO[C@]6(C)OC=C(CC[C@@H]43)[C@H]56)C2)O[C@H](C)[C@H]1O[C@H]1C[C@H](O)[C@H](O[C@@H]2C[C@@H](OC)[C@H](O[C@@H]3O[C@H](CO)[C@@H](O[C@@H]4O[C@H](CO)[C@@H](O)[C@H](O)[C@H]4O)[C@H](O)[C@H]3O)[C@@H](C)O2)[C@@H](C)O1. The number of carbonyl (C=O) groups is 1. The van der Waals surface area contributed by atoms with Crippen LogP contribution in [-0.4, -0.2) is 234 Å². The molecule has 2 aliphatic carbocycles. The normalized spacial score (nSPS) is 52.1. The van der Waals surface area contributed by atoms with E-state index in [2.05, 4.69) is 13.0 Å². The second-order valence-electron chi connectivity index (χ2n) is 23.2. The molecule has 0 bridgehead atoms. The van der Waals surface area contributed by atoms with Crippen LogP contribution in [0.1, 0.15) is 92.4 Å². The number of aliphatic hydroxyl groups is 8. The predicted octanol–water partition coefficient (Wildman–Crippen LogP) is -0.318. The Bertz CT molecular complexity index is 2070. The van der Waals surface area contributed by atoms with Crippen molar-refractivity contribution in [2.45, 2.75) is 246 Å². The van der Waals surface area contributed by atoms with Crippen molar-refractivity contribution in [2.75, 3.05) is 34.0 Å². The van der Waals surface area contributed by atoms with Gasteiger partial charge >= 0.3 is 5.97 Å². The highest BCUT2D eigenvalue weighted by atomic mass is 16.8. The van der Waals surface area contributed by atoms with Crippen LogP contribution in [0.25, 0.3) is 0 Å². The molecule has 24 heteroatoms. The summed E-state index contributed by atoms with van der Waals surface area (Å²) in [5, 5.41) is 84.6. The molecular weight excluding hydrogens is 1020 g/mol. The fraction of sp³-hybridized carbons (Fsp3) is 0.906. The standard InChI is InChI=1S/C53H82O24/c1-22-45(74-38-17-32(64-7)47(24(3)69-38)76-51-44(61)42(59)48(34(19-55)73-51)77-50-43(60)41(58)40(57)33(18-54)72-50)30(56)15-36(67-22)75-46-23(2)68-37(16-31(46)63-6)70-27-12-13-52(4)26(14-27)9-10-28-29(52)11-8-25-20-65-53(5)39(25)35(21-66-53)71-49(28)62/h9,20,22-24,27-48,50-51,54-61H,8,10-19,21H2,1-7H3/t22-,23-,24-,27+,28-,29+,30+,31-,32-,33-,34-,35?,36+,37+,38-,39-,40-,41+,42-,43-,44-,45-,46-,47-,48-,50+,51+,52+,53+/m1/s1. The van der Waals surface area contributed by atoms with Crippen molar-refractivity contribution < 1.29 is 117 Å². The van der Waals surface area contributed by atoms with Gasteiger partial charge in [-0.1, -0.05) is 18.6 Å². The van der Waals surface area contributed by atoms with Crippen LogP contribution in [0.2, 0.25) is 0 Å². The average molecular weight is 1100 g/mol. The minimum absolute atomic E-state index is 0.0680. The number of methoxy groups -OCH3 is 2. The summed E-state index contributed by atoms with van der Waals surface area (Å²) in [5.41, 5.74) is 2.30. The summed E-state index contributed by atoms with van der Waals surface area (Å²) in [7, 11) is 3.08. The van der Waals surface area contributed by atoms with E-state index in [9.17, 15) is 45.6 Å². The van der Waals surface area contributed by atoms with Crippen molar-refractivity contribution in [1.82, 2.24) is 0 Å². The van der Waals surface area contributed by atoms with Crippen LogP contribution in [0.3, 0.4) is 0 Å². The highest BCUT2D eigenvalue weighted by molar-refractivity contribution is 5.74. The highest BCUT2D eigenvalue weighted by Crippen LogP contribution is 2.57. The van der Waals surface area contributed by atoms with Gasteiger partial charge in [0.25, 0.3) is 0 Å². The number of hydrogen-bond acceptors (Lipinski definition) is 24. The summed E-state index contributed by atoms with van der Waals surface area (Å²) in [5.74, 6) is -1.12. The fourth-order valence-electron chi connectivity index (χ4n) is 14.0. The first kappa shape index (κ1) is 58.1. The fourth-order valence-corrected chi connectivity index (χ4v) is 14.0. The van der Waals surface area contributed by atoms with E-state index in [-0.39, 0.29) is 54.2 Å². The molecule has 10 aliphatic rings. The molecule has 0 radical (unpaired) electrons. The van der Waals surface area contributed by atoms with E-state index in [1.807, 2.05) is 20.1 Å². The highest BCUT2D eigenvalue weighted by Gasteiger charge is 2.59. The van der Waals surface area contributed by atoms with Crippen molar-refractivity contribution >= 4 is 5.97 Å². The lowest BCUT2D eigenvalue weighted by atomic mass is 9.55. The van der Waals surface area contributed by atoms with E-state index in [4.69, 9.17) is 71.1 Å². The molecule has 0 amide bonds. The lowest BCUT2D eigenvalue weighted by molar-refractivity contribution is -0.376. The zero-order valence-electron chi connectivity index (χ0n) is 44.8. The first-order chi connectivity index (χ1) is 36.8. The maximum absolute atomic E-state index is 13.8. The van der Waals surface area contributed by atoms with Crippen LogP contribution < -0.4 is 0 Å². The van der Waals surface area contributed by atoms with Gasteiger partial charge in [0.15, 0.2) is 31.5 Å². The molecule has 438 valence electrons. The number of ether oxygens (including phenoxy) is 15. The van der Waals surface area contributed by atoms with Crippen molar-refractivity contribution in [3.05, 3.63) is 23.5 Å². The van der Waals surface area contributed by atoms with E-state index >= 15 is 0 Å². The summed E-state index contributed by atoms with van der Waals surface area (Å²) in [6.07, 6.45) is -15.8. The van der Waals surface area contributed by atoms with Crippen molar-refractivity contribution in [3.63, 3.8) is 0 Å². The summed E-state index contributed by atoms with van der Waals surface area (Å²) in [6.45, 7) is 8.47. The number of allylic oxidation sites excluding steroid dienone is 1. The lowest BCUT2D eigenvalue weighted by Crippen LogP contribution is -2.65. The van der Waals surface area contributed by atoms with Crippen molar-refractivity contribution in [2.24, 2.45) is 23.2 Å². The van der Waals surface area contributed by atoms with Gasteiger partial charge in [0.2, 0.25) is 5.79 Å². The van der Waals surface area contributed by atoms with E-state index in [1.165, 1.54) is 12.7 Å². The minimum Gasteiger partial charge on any atom is -0.469 e. The number of carbonyl (C=O) groups excluding carboxylic acids is 1. The maximum atomic E-state index is 13.8. The van der Waals surface area contributed by atoms with Crippen molar-refractivity contribution in [1.29, 1.82) is 0 Å². The third kappa shape index (κ3) is 11.3. The Hall–Kier alpha value is -2.09. The molecule has 10 rings (SSSR count). The lowest BCUT2D eigenvalue weighted by Gasteiger charge is -2.51. The molecule has 29 atom stereocenters. The molecule has 1 unspecified atom stereocenters. The Kier molecular flexibility index (Phi) is 17.8. The molecule has 24 nitrogen and oxygen atoms in total. The van der Waals surface area contributed by atoms with Crippen molar-refractivity contribution in [3.8, 4) is 0 Å². The van der Waals surface area contributed by atoms with Crippen LogP contribution in [0, 0.1) is 23.2 Å². The monoisotopic (exact) mass is 1100 g/mol. The van der Waals surface area contributed by atoms with Gasteiger partial charge in [-0.15, -0.1) is 0 Å². The van der Waals surface area contributed by atoms with Crippen LogP contribution in [0.15, 0.2) is 23.5 Å².